The van der Waals surface area contributed by atoms with Crippen LogP contribution in [0, 0.1) is 5.92 Å². The first kappa shape index (κ1) is 20.6. The molecule has 2 fully saturated rings. The monoisotopic (exact) mass is 393 g/mol. The second-order valence-electron chi connectivity index (χ2n) is 7.53. The number of morpholine rings is 1. The standard InChI is InChI=1S/C20H35N5OS/c1-3-21-20(22-15-17-6-8-24(2)9-7-17)23-16-18(19-5-4-14-27-19)25-10-12-26-13-11-25/h4-5,14,17-18H,3,6-13,15-16H2,1-2H3,(H2,21,22,23). The molecule has 0 aliphatic carbocycles. The first-order valence-corrected chi connectivity index (χ1v) is 11.2. The molecule has 0 saturated carbocycles. The number of hydrogen-bond acceptors (Lipinski definition) is 5. The molecule has 1 atom stereocenters. The SMILES string of the molecule is CCNC(=NCC(c1cccs1)N1CCOCC1)NCC1CCN(C)CC1. The molecular formula is C20H35N5OS. The normalized spacial score (nSPS) is 21.9. The van der Waals surface area contributed by atoms with Crippen LogP contribution in [-0.4, -0.2) is 81.8 Å². The van der Waals surface area contributed by atoms with Gasteiger partial charge in [0.2, 0.25) is 0 Å². The van der Waals surface area contributed by atoms with Gasteiger partial charge >= 0.3 is 0 Å². The van der Waals surface area contributed by atoms with E-state index in [1.807, 2.05) is 11.3 Å². The summed E-state index contributed by atoms with van der Waals surface area (Å²) in [5, 5.41) is 9.18. The van der Waals surface area contributed by atoms with Crippen LogP contribution in [0.4, 0.5) is 0 Å². The summed E-state index contributed by atoms with van der Waals surface area (Å²) in [6.07, 6.45) is 2.54. The second-order valence-corrected chi connectivity index (χ2v) is 8.51. The molecule has 2 saturated heterocycles. The van der Waals surface area contributed by atoms with Gasteiger partial charge < -0.3 is 20.3 Å². The summed E-state index contributed by atoms with van der Waals surface area (Å²) in [5.74, 6) is 1.70. The van der Waals surface area contributed by atoms with Crippen LogP contribution in [-0.2, 0) is 4.74 Å². The van der Waals surface area contributed by atoms with Gasteiger partial charge in [-0.1, -0.05) is 6.07 Å². The molecule has 2 aliphatic heterocycles. The lowest BCUT2D eigenvalue weighted by atomic mass is 9.97. The lowest BCUT2D eigenvalue weighted by Crippen LogP contribution is -2.43. The lowest BCUT2D eigenvalue weighted by Gasteiger charge is -2.33. The van der Waals surface area contributed by atoms with Crippen molar-refractivity contribution in [3.8, 4) is 0 Å². The molecule has 3 heterocycles. The number of aliphatic imine (C=N–C) groups is 1. The summed E-state index contributed by atoms with van der Waals surface area (Å²) in [6.45, 7) is 10.8. The number of piperidine rings is 1. The Kier molecular flexibility index (Phi) is 8.38. The highest BCUT2D eigenvalue weighted by Gasteiger charge is 2.23. The number of rotatable bonds is 7. The molecule has 2 aliphatic rings. The number of thiophene rings is 1. The number of likely N-dealkylation sites (tertiary alicyclic amines) is 1. The van der Waals surface area contributed by atoms with Gasteiger partial charge in [0.15, 0.2) is 5.96 Å². The topological polar surface area (TPSA) is 52.1 Å². The van der Waals surface area contributed by atoms with Crippen molar-refractivity contribution in [3.63, 3.8) is 0 Å². The van der Waals surface area contributed by atoms with Crippen LogP contribution in [0.3, 0.4) is 0 Å². The zero-order valence-electron chi connectivity index (χ0n) is 16.8. The fraction of sp³-hybridized carbons (Fsp3) is 0.750. The number of nitrogens with zero attached hydrogens (tertiary/aromatic N) is 3. The van der Waals surface area contributed by atoms with Gasteiger partial charge in [0.05, 0.1) is 25.8 Å². The molecule has 3 rings (SSSR count). The molecular weight excluding hydrogens is 358 g/mol. The zero-order chi connectivity index (χ0) is 18.9. The average molecular weight is 394 g/mol. The summed E-state index contributed by atoms with van der Waals surface area (Å²) < 4.78 is 5.54. The van der Waals surface area contributed by atoms with E-state index >= 15 is 0 Å². The summed E-state index contributed by atoms with van der Waals surface area (Å²) in [6, 6.07) is 4.72. The highest BCUT2D eigenvalue weighted by atomic mass is 32.1. The molecule has 1 aromatic rings. The third-order valence-corrected chi connectivity index (χ3v) is 6.49. The minimum Gasteiger partial charge on any atom is -0.379 e. The van der Waals surface area contributed by atoms with Crippen LogP contribution < -0.4 is 10.6 Å². The van der Waals surface area contributed by atoms with Crippen molar-refractivity contribution >= 4 is 17.3 Å². The Bertz CT molecular complexity index is 551. The van der Waals surface area contributed by atoms with Gasteiger partial charge in [0.1, 0.15) is 0 Å². The van der Waals surface area contributed by atoms with E-state index in [-0.39, 0.29) is 0 Å². The van der Waals surface area contributed by atoms with Gasteiger partial charge in [-0.25, -0.2) is 0 Å². The molecule has 0 amide bonds. The van der Waals surface area contributed by atoms with E-state index in [0.717, 1.165) is 57.8 Å². The average Bonchev–Trinajstić information content (AvgIpc) is 3.23. The smallest absolute Gasteiger partial charge is 0.191 e. The highest BCUT2D eigenvalue weighted by Crippen LogP contribution is 2.26. The van der Waals surface area contributed by atoms with Crippen molar-refractivity contribution in [3.05, 3.63) is 22.4 Å². The molecule has 7 heteroatoms. The van der Waals surface area contributed by atoms with Crippen molar-refractivity contribution in [1.82, 2.24) is 20.4 Å². The first-order valence-electron chi connectivity index (χ1n) is 10.3. The maximum atomic E-state index is 5.54. The Labute approximate surface area is 168 Å². The van der Waals surface area contributed by atoms with Gasteiger partial charge in [0.25, 0.3) is 0 Å². The van der Waals surface area contributed by atoms with Gasteiger partial charge in [-0.3, -0.25) is 9.89 Å². The van der Waals surface area contributed by atoms with Crippen LogP contribution in [0.1, 0.15) is 30.7 Å². The molecule has 0 spiro atoms. The van der Waals surface area contributed by atoms with Gasteiger partial charge in [-0.15, -0.1) is 11.3 Å². The number of guanidine groups is 1. The quantitative estimate of drug-likeness (QED) is 0.548. The molecule has 0 radical (unpaired) electrons. The van der Waals surface area contributed by atoms with Crippen molar-refractivity contribution < 1.29 is 4.74 Å². The number of hydrogen-bond donors (Lipinski definition) is 2. The predicted molar refractivity (Wildman–Crippen MR) is 114 cm³/mol. The van der Waals surface area contributed by atoms with Crippen molar-refractivity contribution in [1.29, 1.82) is 0 Å². The van der Waals surface area contributed by atoms with Crippen LogP contribution in [0.15, 0.2) is 22.5 Å². The molecule has 1 aromatic heterocycles. The summed E-state index contributed by atoms with van der Waals surface area (Å²) in [4.78, 5) is 11.3. The third-order valence-electron chi connectivity index (χ3n) is 5.52. The molecule has 6 nitrogen and oxygen atoms in total. The first-order chi connectivity index (χ1) is 13.3. The van der Waals surface area contributed by atoms with Crippen molar-refractivity contribution in [2.75, 3.05) is 66.1 Å². The Balaban J connectivity index is 1.58. The summed E-state index contributed by atoms with van der Waals surface area (Å²) in [7, 11) is 2.21. The van der Waals surface area contributed by atoms with Crippen LogP contribution >= 0.6 is 11.3 Å². The molecule has 0 aromatic carbocycles. The van der Waals surface area contributed by atoms with Crippen LogP contribution in [0.5, 0.6) is 0 Å². The Morgan fingerprint density at radius 1 is 1.26 bits per heavy atom. The molecule has 1 unspecified atom stereocenters. The molecule has 0 bridgehead atoms. The Morgan fingerprint density at radius 2 is 2.04 bits per heavy atom. The number of ether oxygens (including phenoxy) is 1. The van der Waals surface area contributed by atoms with E-state index in [9.17, 15) is 0 Å². The zero-order valence-corrected chi connectivity index (χ0v) is 17.6. The van der Waals surface area contributed by atoms with Crippen molar-refractivity contribution in [2.45, 2.75) is 25.8 Å². The van der Waals surface area contributed by atoms with E-state index in [1.165, 1.54) is 30.8 Å². The fourth-order valence-corrected chi connectivity index (χ4v) is 4.63. The Hall–Kier alpha value is -1.15. The highest BCUT2D eigenvalue weighted by molar-refractivity contribution is 7.10. The maximum absolute atomic E-state index is 5.54. The van der Waals surface area contributed by atoms with Crippen LogP contribution in [0.2, 0.25) is 0 Å². The van der Waals surface area contributed by atoms with E-state index < -0.39 is 0 Å². The summed E-state index contributed by atoms with van der Waals surface area (Å²) >= 11 is 1.83. The Morgan fingerprint density at radius 3 is 2.70 bits per heavy atom. The maximum Gasteiger partial charge on any atom is 0.191 e. The minimum atomic E-state index is 0.340. The van der Waals surface area contributed by atoms with E-state index in [4.69, 9.17) is 9.73 Å². The van der Waals surface area contributed by atoms with Crippen molar-refractivity contribution in [2.24, 2.45) is 10.9 Å². The largest absolute Gasteiger partial charge is 0.379 e. The third kappa shape index (κ3) is 6.45. The van der Waals surface area contributed by atoms with E-state index in [0.29, 0.717) is 6.04 Å². The van der Waals surface area contributed by atoms with E-state index in [2.05, 4.69) is 51.9 Å². The van der Waals surface area contributed by atoms with Gasteiger partial charge in [-0.05, 0) is 57.3 Å². The van der Waals surface area contributed by atoms with E-state index in [1.54, 1.807) is 0 Å². The molecule has 2 N–H and O–H groups in total. The molecule has 152 valence electrons. The summed E-state index contributed by atoms with van der Waals surface area (Å²) in [5.41, 5.74) is 0. The minimum absolute atomic E-state index is 0.340. The van der Waals surface area contributed by atoms with Gasteiger partial charge in [0, 0.05) is 31.1 Å². The fourth-order valence-electron chi connectivity index (χ4n) is 3.78. The second kappa shape index (κ2) is 11.0. The number of nitrogens with one attached hydrogen (secondary N) is 2. The molecule has 27 heavy (non-hydrogen) atoms. The lowest BCUT2D eigenvalue weighted by molar-refractivity contribution is 0.0186. The predicted octanol–water partition coefficient (Wildman–Crippen LogP) is 2.02. The van der Waals surface area contributed by atoms with Crippen LogP contribution in [0.25, 0.3) is 0 Å². The van der Waals surface area contributed by atoms with Gasteiger partial charge in [-0.2, -0.15) is 0 Å².